The average molecular weight is 383 g/mol. The summed E-state index contributed by atoms with van der Waals surface area (Å²) in [5.74, 6) is 2.39. The Morgan fingerprint density at radius 2 is 1.79 bits per heavy atom. The van der Waals surface area contributed by atoms with E-state index in [-0.39, 0.29) is 12.7 Å². The Morgan fingerprint density at radius 1 is 1.04 bits per heavy atom. The van der Waals surface area contributed by atoms with Crippen LogP contribution in [-0.2, 0) is 11.3 Å². The molecule has 148 valence electrons. The lowest BCUT2D eigenvalue weighted by Gasteiger charge is -2.35. The first-order valence-corrected chi connectivity index (χ1v) is 9.48. The molecule has 0 aromatic heterocycles. The van der Waals surface area contributed by atoms with Crippen molar-refractivity contribution < 1.29 is 19.0 Å². The highest BCUT2D eigenvalue weighted by Gasteiger charge is 2.19. The molecule has 28 heavy (non-hydrogen) atoms. The van der Waals surface area contributed by atoms with Gasteiger partial charge in [0.25, 0.3) is 0 Å². The highest BCUT2D eigenvalue weighted by Crippen LogP contribution is 2.32. The summed E-state index contributed by atoms with van der Waals surface area (Å²) in [5.41, 5.74) is 2.19. The minimum absolute atomic E-state index is 0.0376. The number of amides is 1. The fraction of sp³-hybridized carbons (Fsp3) is 0.381. The highest BCUT2D eigenvalue weighted by molar-refractivity contribution is 5.78. The number of hydrogen-bond donors (Lipinski definition) is 1. The lowest BCUT2D eigenvalue weighted by molar-refractivity contribution is -0.122. The maximum Gasteiger partial charge on any atom is 0.234 e. The van der Waals surface area contributed by atoms with Crippen LogP contribution >= 0.6 is 0 Å². The second kappa shape index (κ2) is 8.39. The summed E-state index contributed by atoms with van der Waals surface area (Å²) < 4.78 is 15.9. The van der Waals surface area contributed by atoms with Crippen LogP contribution in [0.4, 0.5) is 5.69 Å². The zero-order chi connectivity index (χ0) is 19.3. The van der Waals surface area contributed by atoms with Gasteiger partial charge in [0.1, 0.15) is 5.75 Å². The van der Waals surface area contributed by atoms with Crippen LogP contribution in [0.5, 0.6) is 17.2 Å². The van der Waals surface area contributed by atoms with Gasteiger partial charge in [-0.2, -0.15) is 0 Å². The van der Waals surface area contributed by atoms with Crippen molar-refractivity contribution in [2.75, 3.05) is 51.5 Å². The second-order valence-electron chi connectivity index (χ2n) is 6.93. The topological polar surface area (TPSA) is 63.3 Å². The van der Waals surface area contributed by atoms with E-state index in [1.165, 1.54) is 5.69 Å². The van der Waals surface area contributed by atoms with E-state index in [9.17, 15) is 4.79 Å². The number of rotatable bonds is 6. The molecule has 1 fully saturated rings. The lowest BCUT2D eigenvalue weighted by atomic mass is 10.2. The number of ether oxygens (including phenoxy) is 3. The predicted octanol–water partition coefficient (Wildman–Crippen LogP) is 1.86. The van der Waals surface area contributed by atoms with Crippen LogP contribution in [0, 0.1) is 0 Å². The van der Waals surface area contributed by atoms with E-state index in [1.54, 1.807) is 7.11 Å². The van der Waals surface area contributed by atoms with E-state index in [2.05, 4.69) is 27.2 Å². The molecular formula is C21H25N3O4. The van der Waals surface area contributed by atoms with Crippen molar-refractivity contribution in [2.24, 2.45) is 0 Å². The highest BCUT2D eigenvalue weighted by atomic mass is 16.7. The Morgan fingerprint density at radius 3 is 2.54 bits per heavy atom. The fourth-order valence-corrected chi connectivity index (χ4v) is 3.47. The van der Waals surface area contributed by atoms with Crippen LogP contribution in [0.2, 0.25) is 0 Å². The van der Waals surface area contributed by atoms with E-state index >= 15 is 0 Å². The molecular weight excluding hydrogens is 358 g/mol. The van der Waals surface area contributed by atoms with Crippen LogP contribution in [0.15, 0.2) is 42.5 Å². The summed E-state index contributed by atoms with van der Waals surface area (Å²) in [6.07, 6.45) is 0. The molecule has 0 radical (unpaired) electrons. The Labute approximate surface area is 164 Å². The number of piperazine rings is 1. The summed E-state index contributed by atoms with van der Waals surface area (Å²) in [6, 6.07) is 13.8. The van der Waals surface area contributed by atoms with E-state index in [4.69, 9.17) is 14.2 Å². The van der Waals surface area contributed by atoms with Crippen LogP contribution in [0.1, 0.15) is 5.56 Å². The zero-order valence-electron chi connectivity index (χ0n) is 16.0. The number of fused-ring (bicyclic) bond motifs is 1. The first-order valence-electron chi connectivity index (χ1n) is 9.48. The van der Waals surface area contributed by atoms with E-state index in [1.807, 2.05) is 30.3 Å². The molecule has 0 atom stereocenters. The van der Waals surface area contributed by atoms with Gasteiger partial charge in [0.2, 0.25) is 12.7 Å². The number of benzene rings is 2. The number of anilines is 1. The fourth-order valence-electron chi connectivity index (χ4n) is 3.47. The largest absolute Gasteiger partial charge is 0.497 e. The summed E-state index contributed by atoms with van der Waals surface area (Å²) in [4.78, 5) is 16.8. The SMILES string of the molecule is COc1ccc(N2CCN(CC(=O)NCc3ccc4c(c3)OCO4)CC2)cc1. The lowest BCUT2D eigenvalue weighted by Crippen LogP contribution is -2.49. The maximum atomic E-state index is 12.3. The smallest absolute Gasteiger partial charge is 0.234 e. The Bertz CT molecular complexity index is 817. The van der Waals surface area contributed by atoms with Gasteiger partial charge >= 0.3 is 0 Å². The van der Waals surface area contributed by atoms with Crippen LogP contribution < -0.4 is 24.4 Å². The van der Waals surface area contributed by atoms with Crippen LogP contribution in [-0.4, -0.2) is 57.4 Å². The third-order valence-electron chi connectivity index (χ3n) is 5.10. The summed E-state index contributed by atoms with van der Waals surface area (Å²) >= 11 is 0. The van der Waals surface area contributed by atoms with Crippen molar-refractivity contribution in [1.82, 2.24) is 10.2 Å². The Balaban J connectivity index is 1.21. The summed E-state index contributed by atoms with van der Waals surface area (Å²) in [5, 5.41) is 2.99. The first kappa shape index (κ1) is 18.4. The molecule has 0 bridgehead atoms. The van der Waals surface area contributed by atoms with Crippen LogP contribution in [0.25, 0.3) is 0 Å². The summed E-state index contributed by atoms with van der Waals surface area (Å²) in [7, 11) is 1.67. The van der Waals surface area contributed by atoms with Crippen molar-refractivity contribution in [3.8, 4) is 17.2 Å². The average Bonchev–Trinajstić information content (AvgIpc) is 3.21. The first-order chi connectivity index (χ1) is 13.7. The van der Waals surface area contributed by atoms with Crippen molar-refractivity contribution in [3.05, 3.63) is 48.0 Å². The van der Waals surface area contributed by atoms with Gasteiger partial charge in [-0.1, -0.05) is 6.07 Å². The van der Waals surface area contributed by atoms with Gasteiger partial charge < -0.3 is 24.4 Å². The predicted molar refractivity (Wildman–Crippen MR) is 106 cm³/mol. The normalized spacial score (nSPS) is 16.1. The minimum atomic E-state index is 0.0376. The molecule has 2 aliphatic rings. The second-order valence-corrected chi connectivity index (χ2v) is 6.93. The molecule has 7 nitrogen and oxygen atoms in total. The molecule has 2 aromatic rings. The van der Waals surface area contributed by atoms with E-state index < -0.39 is 0 Å². The van der Waals surface area contributed by atoms with Crippen molar-refractivity contribution in [2.45, 2.75) is 6.54 Å². The minimum Gasteiger partial charge on any atom is -0.497 e. The van der Waals surface area contributed by atoms with Crippen molar-refractivity contribution in [3.63, 3.8) is 0 Å². The molecule has 2 aromatic carbocycles. The third kappa shape index (κ3) is 4.31. The standard InChI is InChI=1S/C21H25N3O4/c1-26-18-5-3-17(4-6-18)24-10-8-23(9-11-24)14-21(25)22-13-16-2-7-19-20(12-16)28-15-27-19/h2-7,12H,8-11,13-15H2,1H3,(H,22,25). The molecule has 0 saturated carbocycles. The van der Waals surface area contributed by atoms with Gasteiger partial charge in [0, 0.05) is 38.4 Å². The molecule has 1 N–H and O–H groups in total. The number of nitrogens with zero attached hydrogens (tertiary/aromatic N) is 2. The van der Waals surface area contributed by atoms with E-state index in [0.29, 0.717) is 13.1 Å². The molecule has 0 unspecified atom stereocenters. The zero-order valence-corrected chi connectivity index (χ0v) is 16.0. The van der Waals surface area contributed by atoms with Crippen molar-refractivity contribution in [1.29, 1.82) is 0 Å². The van der Waals surface area contributed by atoms with Gasteiger partial charge in [-0.05, 0) is 42.0 Å². The van der Waals surface area contributed by atoms with Crippen molar-refractivity contribution >= 4 is 11.6 Å². The molecule has 1 saturated heterocycles. The number of carbonyl (C=O) groups is 1. The van der Waals surface area contributed by atoms with Crippen LogP contribution in [0.3, 0.4) is 0 Å². The number of hydrogen-bond acceptors (Lipinski definition) is 6. The maximum absolute atomic E-state index is 12.3. The quantitative estimate of drug-likeness (QED) is 0.822. The molecule has 0 spiro atoms. The molecule has 7 heteroatoms. The van der Waals surface area contributed by atoms with Gasteiger partial charge in [-0.3, -0.25) is 9.69 Å². The van der Waals surface area contributed by atoms with E-state index in [0.717, 1.165) is 49.0 Å². The number of carbonyl (C=O) groups excluding carboxylic acids is 1. The molecule has 2 heterocycles. The van der Waals surface area contributed by atoms with Gasteiger partial charge in [0.05, 0.1) is 13.7 Å². The summed E-state index contributed by atoms with van der Waals surface area (Å²) in [6.45, 7) is 4.70. The van der Waals surface area contributed by atoms with Gasteiger partial charge in [0.15, 0.2) is 11.5 Å². The molecule has 2 aliphatic heterocycles. The number of methoxy groups -OCH3 is 1. The Kier molecular flexibility index (Phi) is 5.53. The Hall–Kier alpha value is -2.93. The molecule has 0 aliphatic carbocycles. The van der Waals surface area contributed by atoms with Gasteiger partial charge in [-0.15, -0.1) is 0 Å². The van der Waals surface area contributed by atoms with Gasteiger partial charge in [-0.25, -0.2) is 0 Å². The molecule has 4 rings (SSSR count). The monoisotopic (exact) mass is 383 g/mol. The molecule has 1 amide bonds. The third-order valence-corrected chi connectivity index (χ3v) is 5.10. The number of nitrogens with one attached hydrogen (secondary N) is 1.